The van der Waals surface area contributed by atoms with Gasteiger partial charge in [-0.25, -0.2) is 4.79 Å². The SMILES string of the molecule is O=C(Cl)CCC1(c2ccccc2)C(=O)NC(=O)NC1=O. The number of benzene rings is 1. The summed E-state index contributed by atoms with van der Waals surface area (Å²) in [5.41, 5.74) is -1.22. The fraction of sp³-hybridized carbons (Fsp3) is 0.231. The highest BCUT2D eigenvalue weighted by Crippen LogP contribution is 2.32. The minimum Gasteiger partial charge on any atom is -0.281 e. The number of carbonyl (C=O) groups is 4. The number of halogens is 1. The fourth-order valence-corrected chi connectivity index (χ4v) is 2.29. The number of rotatable bonds is 4. The summed E-state index contributed by atoms with van der Waals surface area (Å²) in [5, 5.41) is 3.46. The number of hydrogen-bond donors (Lipinski definition) is 2. The van der Waals surface area contributed by atoms with Crippen LogP contribution in [0.4, 0.5) is 4.79 Å². The molecular weight excluding hydrogens is 284 g/mol. The second-order valence-electron chi connectivity index (χ2n) is 4.36. The van der Waals surface area contributed by atoms with E-state index >= 15 is 0 Å². The van der Waals surface area contributed by atoms with Crippen LogP contribution in [0.5, 0.6) is 0 Å². The van der Waals surface area contributed by atoms with Crippen molar-refractivity contribution in [2.24, 2.45) is 0 Å². The van der Waals surface area contributed by atoms with Crippen molar-refractivity contribution >= 4 is 34.7 Å². The summed E-state index contributed by atoms with van der Waals surface area (Å²) in [4.78, 5) is 46.6. The van der Waals surface area contributed by atoms with Crippen molar-refractivity contribution < 1.29 is 19.2 Å². The summed E-state index contributed by atoms with van der Waals surface area (Å²) in [6.45, 7) is 0. The molecule has 1 aliphatic rings. The summed E-state index contributed by atoms with van der Waals surface area (Å²) in [6, 6.07) is 7.37. The smallest absolute Gasteiger partial charge is 0.281 e. The average molecular weight is 295 g/mol. The van der Waals surface area contributed by atoms with Crippen molar-refractivity contribution in [1.29, 1.82) is 0 Å². The molecule has 1 aromatic carbocycles. The maximum atomic E-state index is 12.2. The number of imide groups is 2. The quantitative estimate of drug-likeness (QED) is 0.635. The van der Waals surface area contributed by atoms with Gasteiger partial charge in [-0.3, -0.25) is 25.0 Å². The van der Waals surface area contributed by atoms with E-state index in [1.165, 1.54) is 0 Å². The van der Waals surface area contributed by atoms with E-state index in [0.717, 1.165) is 0 Å². The first-order valence-corrected chi connectivity index (χ1v) is 6.25. The molecule has 1 fully saturated rings. The second-order valence-corrected chi connectivity index (χ2v) is 4.79. The van der Waals surface area contributed by atoms with Crippen LogP contribution in [0.3, 0.4) is 0 Å². The Balaban J connectivity index is 2.48. The van der Waals surface area contributed by atoms with E-state index in [9.17, 15) is 19.2 Å². The van der Waals surface area contributed by atoms with Crippen molar-refractivity contribution in [3.8, 4) is 0 Å². The third-order valence-electron chi connectivity index (χ3n) is 3.19. The number of hydrogen-bond acceptors (Lipinski definition) is 4. The molecule has 0 aliphatic carbocycles. The standard InChI is InChI=1S/C13H11ClN2O4/c14-9(17)6-7-13(8-4-2-1-3-5-8)10(18)15-12(20)16-11(13)19/h1-5H,6-7H2,(H2,15,16,18,19,20). The molecular formula is C13H11ClN2O4. The van der Waals surface area contributed by atoms with Crippen LogP contribution in [0.2, 0.25) is 0 Å². The predicted octanol–water partition coefficient (Wildman–Crippen LogP) is 0.836. The number of barbiturate groups is 1. The van der Waals surface area contributed by atoms with Crippen molar-refractivity contribution in [3.05, 3.63) is 35.9 Å². The molecule has 20 heavy (non-hydrogen) atoms. The van der Waals surface area contributed by atoms with Crippen molar-refractivity contribution in [1.82, 2.24) is 10.6 Å². The van der Waals surface area contributed by atoms with Gasteiger partial charge in [0.1, 0.15) is 0 Å². The van der Waals surface area contributed by atoms with E-state index in [2.05, 4.69) is 10.6 Å². The lowest BCUT2D eigenvalue weighted by Gasteiger charge is -2.34. The molecule has 0 bridgehead atoms. The molecule has 7 heteroatoms. The molecule has 1 saturated heterocycles. The van der Waals surface area contributed by atoms with Gasteiger partial charge in [-0.05, 0) is 23.6 Å². The molecule has 1 aromatic rings. The number of amides is 4. The molecule has 4 amide bonds. The molecule has 0 spiro atoms. The van der Waals surface area contributed by atoms with Crippen LogP contribution < -0.4 is 10.6 Å². The zero-order valence-corrected chi connectivity index (χ0v) is 11.1. The van der Waals surface area contributed by atoms with Crippen LogP contribution >= 0.6 is 11.6 Å². The Morgan fingerprint density at radius 3 is 2.10 bits per heavy atom. The monoisotopic (exact) mass is 294 g/mol. The molecule has 0 aromatic heterocycles. The lowest BCUT2D eigenvalue weighted by Crippen LogP contribution is -2.64. The highest BCUT2D eigenvalue weighted by atomic mass is 35.5. The van der Waals surface area contributed by atoms with E-state index in [0.29, 0.717) is 5.56 Å². The normalized spacial score (nSPS) is 17.4. The molecule has 0 radical (unpaired) electrons. The summed E-state index contributed by atoms with van der Waals surface area (Å²) in [5.74, 6) is -1.51. The zero-order valence-electron chi connectivity index (χ0n) is 10.3. The number of nitrogens with one attached hydrogen (secondary N) is 2. The van der Waals surface area contributed by atoms with E-state index in [1.807, 2.05) is 0 Å². The van der Waals surface area contributed by atoms with Gasteiger partial charge in [-0.15, -0.1) is 0 Å². The summed E-state index contributed by atoms with van der Waals surface area (Å²) < 4.78 is 0. The Kier molecular flexibility index (Phi) is 3.85. The Bertz CT molecular complexity index is 565. The maximum absolute atomic E-state index is 12.2. The Labute approximate surface area is 119 Å². The zero-order chi connectivity index (χ0) is 14.8. The summed E-state index contributed by atoms with van der Waals surface area (Å²) >= 11 is 5.30. The maximum Gasteiger partial charge on any atom is 0.328 e. The Morgan fingerprint density at radius 1 is 1.05 bits per heavy atom. The van der Waals surface area contributed by atoms with Gasteiger partial charge in [-0.2, -0.15) is 0 Å². The van der Waals surface area contributed by atoms with Gasteiger partial charge in [0.25, 0.3) is 0 Å². The summed E-state index contributed by atoms with van der Waals surface area (Å²) in [6.07, 6.45) is -0.268. The van der Waals surface area contributed by atoms with Crippen molar-refractivity contribution in [3.63, 3.8) is 0 Å². The van der Waals surface area contributed by atoms with Crippen LogP contribution in [-0.2, 0) is 19.8 Å². The van der Waals surface area contributed by atoms with Gasteiger partial charge >= 0.3 is 6.03 Å². The minimum atomic E-state index is -1.63. The van der Waals surface area contributed by atoms with E-state index < -0.39 is 28.5 Å². The molecule has 104 valence electrons. The first kappa shape index (κ1) is 14.2. The van der Waals surface area contributed by atoms with E-state index in [1.54, 1.807) is 30.3 Å². The van der Waals surface area contributed by atoms with Crippen LogP contribution in [0, 0.1) is 0 Å². The fourth-order valence-electron chi connectivity index (χ4n) is 2.20. The largest absolute Gasteiger partial charge is 0.328 e. The van der Waals surface area contributed by atoms with Crippen molar-refractivity contribution in [2.45, 2.75) is 18.3 Å². The molecule has 1 heterocycles. The second kappa shape index (κ2) is 5.42. The van der Waals surface area contributed by atoms with E-state index in [4.69, 9.17) is 11.6 Å². The molecule has 0 unspecified atom stereocenters. The highest BCUT2D eigenvalue weighted by Gasteiger charge is 2.51. The lowest BCUT2D eigenvalue weighted by atomic mass is 9.74. The third-order valence-corrected chi connectivity index (χ3v) is 3.38. The van der Waals surface area contributed by atoms with Crippen LogP contribution in [-0.4, -0.2) is 23.1 Å². The van der Waals surface area contributed by atoms with Crippen molar-refractivity contribution in [2.75, 3.05) is 0 Å². The first-order valence-electron chi connectivity index (χ1n) is 5.87. The highest BCUT2D eigenvalue weighted by molar-refractivity contribution is 6.63. The predicted molar refractivity (Wildman–Crippen MR) is 69.9 cm³/mol. The van der Waals surface area contributed by atoms with Gasteiger partial charge in [0.2, 0.25) is 17.1 Å². The molecule has 0 atom stereocenters. The van der Waals surface area contributed by atoms with Gasteiger partial charge in [-0.1, -0.05) is 30.3 Å². The van der Waals surface area contributed by atoms with Crippen LogP contribution in [0.1, 0.15) is 18.4 Å². The number of carbonyl (C=O) groups excluding carboxylic acids is 4. The summed E-state index contributed by atoms with van der Waals surface area (Å²) in [7, 11) is 0. The molecule has 0 saturated carbocycles. The minimum absolute atomic E-state index is 0.107. The first-order chi connectivity index (χ1) is 9.46. The average Bonchev–Trinajstić information content (AvgIpc) is 2.39. The van der Waals surface area contributed by atoms with Gasteiger partial charge < -0.3 is 0 Å². The number of urea groups is 1. The topological polar surface area (TPSA) is 92.3 Å². The molecule has 2 N–H and O–H groups in total. The molecule has 2 rings (SSSR count). The van der Waals surface area contributed by atoms with Gasteiger partial charge in [0.05, 0.1) is 0 Å². The van der Waals surface area contributed by atoms with Gasteiger partial charge in [0, 0.05) is 6.42 Å². The molecule has 1 aliphatic heterocycles. The third kappa shape index (κ3) is 2.42. The molecule has 6 nitrogen and oxygen atoms in total. The van der Waals surface area contributed by atoms with Crippen LogP contribution in [0.25, 0.3) is 0 Å². The van der Waals surface area contributed by atoms with Crippen LogP contribution in [0.15, 0.2) is 30.3 Å². The Morgan fingerprint density at radius 2 is 1.60 bits per heavy atom. The lowest BCUT2D eigenvalue weighted by molar-refractivity contribution is -0.139. The Hall–Kier alpha value is -2.21. The van der Waals surface area contributed by atoms with E-state index in [-0.39, 0.29) is 12.8 Å². The van der Waals surface area contributed by atoms with Gasteiger partial charge in [0.15, 0.2) is 5.41 Å².